The number of aryl methyl sites for hydroxylation is 1. The van der Waals surface area contributed by atoms with Gasteiger partial charge in [0.25, 0.3) is 0 Å². The molecule has 1 heterocycles. The lowest BCUT2D eigenvalue weighted by molar-refractivity contribution is 0.239. The van der Waals surface area contributed by atoms with Gasteiger partial charge in [0.2, 0.25) is 0 Å². The summed E-state index contributed by atoms with van der Waals surface area (Å²) in [6, 6.07) is 2.06. The Morgan fingerprint density at radius 3 is 2.31 bits per heavy atom. The highest BCUT2D eigenvalue weighted by atomic mass is 15.3. The Kier molecular flexibility index (Phi) is 3.79. The Labute approximate surface area is 99.2 Å². The molecule has 3 nitrogen and oxygen atoms in total. The van der Waals surface area contributed by atoms with Crippen molar-refractivity contribution in [3.63, 3.8) is 0 Å². The summed E-state index contributed by atoms with van der Waals surface area (Å²) in [6.45, 7) is 12.2. The fourth-order valence-corrected chi connectivity index (χ4v) is 2.29. The Morgan fingerprint density at radius 1 is 1.25 bits per heavy atom. The van der Waals surface area contributed by atoms with Crippen molar-refractivity contribution in [2.24, 2.45) is 12.5 Å². The third kappa shape index (κ3) is 4.35. The largest absolute Gasteiger partial charge is 0.306 e. The fourth-order valence-electron chi connectivity index (χ4n) is 2.29. The maximum atomic E-state index is 4.17. The molecule has 0 fully saturated rings. The van der Waals surface area contributed by atoms with E-state index in [9.17, 15) is 0 Å². The minimum absolute atomic E-state index is 0.155. The first kappa shape index (κ1) is 13.2. The Morgan fingerprint density at radius 2 is 1.88 bits per heavy atom. The summed E-state index contributed by atoms with van der Waals surface area (Å²) in [5.41, 5.74) is 1.73. The van der Waals surface area contributed by atoms with Crippen molar-refractivity contribution in [2.75, 3.05) is 0 Å². The van der Waals surface area contributed by atoms with E-state index < -0.39 is 0 Å². The maximum absolute atomic E-state index is 4.17. The lowest BCUT2D eigenvalue weighted by atomic mass is 9.82. The van der Waals surface area contributed by atoms with Crippen LogP contribution in [0.4, 0.5) is 0 Å². The molecule has 0 saturated carbocycles. The highest BCUT2D eigenvalue weighted by Crippen LogP contribution is 2.26. The van der Waals surface area contributed by atoms with E-state index in [4.69, 9.17) is 0 Å². The van der Waals surface area contributed by atoms with Gasteiger partial charge in [-0.05, 0) is 31.7 Å². The summed E-state index contributed by atoms with van der Waals surface area (Å²) in [5.74, 6) is 0. The first-order chi connectivity index (χ1) is 7.20. The van der Waals surface area contributed by atoms with Crippen molar-refractivity contribution < 1.29 is 0 Å². The third-order valence-electron chi connectivity index (χ3n) is 2.64. The monoisotopic (exact) mass is 223 g/mol. The summed E-state index contributed by atoms with van der Waals surface area (Å²) in [6.07, 6.45) is 2.99. The first-order valence-corrected chi connectivity index (χ1v) is 5.92. The van der Waals surface area contributed by atoms with E-state index in [1.807, 2.05) is 17.9 Å². The van der Waals surface area contributed by atoms with Gasteiger partial charge >= 0.3 is 0 Å². The number of aromatic nitrogens is 2. The van der Waals surface area contributed by atoms with Crippen LogP contribution in [-0.2, 0) is 13.6 Å². The molecule has 0 unspecified atom stereocenters. The molecule has 0 saturated heterocycles. The van der Waals surface area contributed by atoms with Gasteiger partial charge in [0.1, 0.15) is 0 Å². The molecule has 0 radical (unpaired) electrons. The Balaban J connectivity index is 2.51. The fraction of sp³-hybridized carbons (Fsp3) is 0.769. The summed E-state index contributed by atoms with van der Waals surface area (Å²) in [5, 5.41) is 7.77. The van der Waals surface area contributed by atoms with Crippen LogP contribution in [0.25, 0.3) is 0 Å². The summed E-state index contributed by atoms with van der Waals surface area (Å²) < 4.78 is 1.92. The number of rotatable bonds is 4. The molecular weight excluding hydrogens is 198 g/mol. The van der Waals surface area contributed by atoms with E-state index in [0.717, 1.165) is 13.0 Å². The van der Waals surface area contributed by atoms with E-state index in [-0.39, 0.29) is 5.54 Å². The molecule has 3 heteroatoms. The summed E-state index contributed by atoms with van der Waals surface area (Å²) in [4.78, 5) is 0. The summed E-state index contributed by atoms with van der Waals surface area (Å²) in [7, 11) is 1.98. The van der Waals surface area contributed by atoms with Gasteiger partial charge in [-0.15, -0.1) is 0 Å². The van der Waals surface area contributed by atoms with Crippen molar-refractivity contribution in [1.29, 1.82) is 0 Å². The van der Waals surface area contributed by atoms with Crippen molar-refractivity contribution in [1.82, 2.24) is 15.1 Å². The molecule has 1 rings (SSSR count). The Bertz CT molecular complexity index is 331. The van der Waals surface area contributed by atoms with Gasteiger partial charge in [-0.2, -0.15) is 5.10 Å². The van der Waals surface area contributed by atoms with Gasteiger partial charge in [0.15, 0.2) is 0 Å². The van der Waals surface area contributed by atoms with Gasteiger partial charge in [-0.25, -0.2) is 0 Å². The van der Waals surface area contributed by atoms with Crippen LogP contribution in [0.5, 0.6) is 0 Å². The van der Waals surface area contributed by atoms with Gasteiger partial charge in [0.05, 0.1) is 5.69 Å². The predicted molar refractivity (Wildman–Crippen MR) is 68.2 cm³/mol. The lowest BCUT2D eigenvalue weighted by Gasteiger charge is -2.33. The van der Waals surface area contributed by atoms with Crippen molar-refractivity contribution >= 4 is 0 Å². The topological polar surface area (TPSA) is 29.9 Å². The van der Waals surface area contributed by atoms with Crippen molar-refractivity contribution in [3.05, 3.63) is 18.0 Å². The zero-order valence-electron chi connectivity index (χ0n) is 11.5. The highest BCUT2D eigenvalue weighted by molar-refractivity contribution is 5.00. The molecule has 1 N–H and O–H groups in total. The van der Waals surface area contributed by atoms with Crippen LogP contribution < -0.4 is 5.32 Å². The highest BCUT2D eigenvalue weighted by Gasteiger charge is 2.24. The normalized spacial score (nSPS) is 13.1. The molecule has 0 bridgehead atoms. The number of nitrogens with one attached hydrogen (secondary N) is 1. The molecule has 0 aliphatic carbocycles. The zero-order valence-corrected chi connectivity index (χ0v) is 11.5. The van der Waals surface area contributed by atoms with Crippen molar-refractivity contribution in [2.45, 2.75) is 53.1 Å². The lowest BCUT2D eigenvalue weighted by Crippen LogP contribution is -2.42. The molecular formula is C13H25N3. The molecule has 0 amide bonds. The molecule has 16 heavy (non-hydrogen) atoms. The van der Waals surface area contributed by atoms with Gasteiger partial charge in [-0.1, -0.05) is 20.8 Å². The molecule has 1 aromatic heterocycles. The Hall–Kier alpha value is -0.830. The number of hydrogen-bond donors (Lipinski definition) is 1. The minimum Gasteiger partial charge on any atom is -0.306 e. The van der Waals surface area contributed by atoms with Crippen LogP contribution in [-0.4, -0.2) is 15.3 Å². The predicted octanol–water partition coefficient (Wildman–Crippen LogP) is 2.72. The molecule has 0 aromatic carbocycles. The smallest absolute Gasteiger partial charge is 0.0518 e. The van der Waals surface area contributed by atoms with Crippen LogP contribution in [0.3, 0.4) is 0 Å². The van der Waals surface area contributed by atoms with Crippen molar-refractivity contribution in [3.8, 4) is 0 Å². The van der Waals surface area contributed by atoms with E-state index >= 15 is 0 Å². The average molecular weight is 223 g/mol. The van der Waals surface area contributed by atoms with E-state index in [1.54, 1.807) is 0 Å². The van der Waals surface area contributed by atoms with Crippen LogP contribution in [0.15, 0.2) is 12.3 Å². The SMILES string of the molecule is Cn1nccc1CNC(C)(C)CC(C)(C)C. The molecule has 0 atom stereocenters. The molecule has 92 valence electrons. The maximum Gasteiger partial charge on any atom is 0.0518 e. The van der Waals surface area contributed by atoms with E-state index in [2.05, 4.69) is 51.1 Å². The standard InChI is InChI=1S/C13H25N3/c1-12(2,3)10-13(4,5)14-9-11-7-8-15-16(11)6/h7-8,14H,9-10H2,1-6H3. The van der Waals surface area contributed by atoms with Crippen LogP contribution >= 0.6 is 0 Å². The van der Waals surface area contributed by atoms with Gasteiger partial charge < -0.3 is 5.32 Å². The van der Waals surface area contributed by atoms with E-state index in [1.165, 1.54) is 5.69 Å². The molecule has 1 aromatic rings. The molecule has 0 aliphatic heterocycles. The van der Waals surface area contributed by atoms with Crippen LogP contribution in [0.2, 0.25) is 0 Å². The second kappa shape index (κ2) is 4.58. The quantitative estimate of drug-likeness (QED) is 0.850. The minimum atomic E-state index is 0.155. The molecule has 0 spiro atoms. The van der Waals surface area contributed by atoms with E-state index in [0.29, 0.717) is 5.41 Å². The molecule has 0 aliphatic rings. The second-order valence-corrected chi connectivity index (χ2v) is 6.42. The van der Waals surface area contributed by atoms with Crippen LogP contribution in [0.1, 0.15) is 46.7 Å². The van der Waals surface area contributed by atoms with Gasteiger partial charge in [0, 0.05) is 25.3 Å². The number of hydrogen-bond acceptors (Lipinski definition) is 2. The zero-order chi connectivity index (χ0) is 12.4. The summed E-state index contributed by atoms with van der Waals surface area (Å²) >= 11 is 0. The average Bonchev–Trinajstić information content (AvgIpc) is 2.43. The number of nitrogens with zero attached hydrogens (tertiary/aromatic N) is 2. The van der Waals surface area contributed by atoms with Crippen LogP contribution in [0, 0.1) is 5.41 Å². The first-order valence-electron chi connectivity index (χ1n) is 5.92. The third-order valence-corrected chi connectivity index (χ3v) is 2.64. The van der Waals surface area contributed by atoms with Gasteiger partial charge in [-0.3, -0.25) is 4.68 Å². The second-order valence-electron chi connectivity index (χ2n) is 6.42.